The molecule has 0 fully saturated rings. The first-order valence-corrected chi connectivity index (χ1v) is 9.61. The lowest BCUT2D eigenvalue weighted by Crippen LogP contribution is -2.18. The van der Waals surface area contributed by atoms with Crippen LogP contribution in [0.3, 0.4) is 0 Å². The normalized spacial score (nSPS) is 11.0. The summed E-state index contributed by atoms with van der Waals surface area (Å²) in [6, 6.07) is 20.6. The van der Waals surface area contributed by atoms with Gasteiger partial charge in [-0.1, -0.05) is 30.3 Å². The Balaban J connectivity index is 1.65. The monoisotopic (exact) mass is 396 g/mol. The van der Waals surface area contributed by atoms with Crippen LogP contribution in [-0.4, -0.2) is 28.7 Å². The number of para-hydroxylation sites is 2. The zero-order valence-corrected chi connectivity index (χ0v) is 16.4. The molecule has 0 aliphatic rings. The first-order chi connectivity index (χ1) is 14.8. The Kier molecular flexibility index (Phi) is 5.75. The predicted molar refractivity (Wildman–Crippen MR) is 118 cm³/mol. The van der Waals surface area contributed by atoms with Gasteiger partial charge in [0.25, 0.3) is 5.91 Å². The van der Waals surface area contributed by atoms with Crippen molar-refractivity contribution in [2.24, 2.45) is 5.10 Å². The quantitative estimate of drug-likeness (QED) is 0.386. The van der Waals surface area contributed by atoms with Crippen molar-refractivity contribution in [1.82, 2.24) is 15.4 Å². The summed E-state index contributed by atoms with van der Waals surface area (Å²) < 4.78 is 5.58. The molecule has 2 aromatic carbocycles. The lowest BCUT2D eigenvalue weighted by molar-refractivity contribution is 0.0956. The van der Waals surface area contributed by atoms with E-state index in [1.54, 1.807) is 24.7 Å². The fourth-order valence-electron chi connectivity index (χ4n) is 3.12. The van der Waals surface area contributed by atoms with Crippen molar-refractivity contribution in [2.45, 2.75) is 6.92 Å². The number of carbonyl (C=O) groups excluding carboxylic acids is 1. The molecule has 0 aliphatic carbocycles. The van der Waals surface area contributed by atoms with Crippen molar-refractivity contribution >= 4 is 23.0 Å². The highest BCUT2D eigenvalue weighted by Gasteiger charge is 2.13. The number of benzene rings is 2. The number of rotatable bonds is 6. The van der Waals surface area contributed by atoms with Crippen LogP contribution in [0.15, 0.2) is 84.2 Å². The van der Waals surface area contributed by atoms with E-state index in [2.05, 4.69) is 20.5 Å². The smallest absolute Gasteiger partial charge is 0.272 e. The number of amides is 1. The molecule has 2 heterocycles. The maximum absolute atomic E-state index is 12.9. The standard InChI is InChI=1S/C24H20N4O2/c1-2-30-23-12-6-3-8-18(23)16-26-28-24(29)20-14-22(17-9-7-13-25-15-17)27-21-11-5-4-10-19(20)21/h3-16H,2H2,1H3,(H,28,29). The van der Waals surface area contributed by atoms with E-state index < -0.39 is 0 Å². The van der Waals surface area contributed by atoms with Crippen molar-refractivity contribution < 1.29 is 9.53 Å². The first kappa shape index (κ1) is 19.3. The summed E-state index contributed by atoms with van der Waals surface area (Å²) in [5.41, 5.74) is 6.15. The molecule has 4 rings (SSSR count). The first-order valence-electron chi connectivity index (χ1n) is 9.61. The van der Waals surface area contributed by atoms with E-state index in [0.717, 1.165) is 22.0 Å². The number of nitrogens with one attached hydrogen (secondary N) is 1. The summed E-state index contributed by atoms with van der Waals surface area (Å²) in [4.78, 5) is 21.8. The van der Waals surface area contributed by atoms with Crippen molar-refractivity contribution in [3.05, 3.63) is 90.3 Å². The van der Waals surface area contributed by atoms with Gasteiger partial charge in [0.2, 0.25) is 0 Å². The minimum Gasteiger partial charge on any atom is -0.493 e. The highest BCUT2D eigenvalue weighted by Crippen LogP contribution is 2.24. The molecule has 0 atom stereocenters. The zero-order chi connectivity index (χ0) is 20.8. The molecule has 0 bridgehead atoms. The van der Waals surface area contributed by atoms with Crippen LogP contribution in [-0.2, 0) is 0 Å². The Morgan fingerprint density at radius 3 is 2.77 bits per heavy atom. The molecule has 0 spiro atoms. The second-order valence-electron chi connectivity index (χ2n) is 6.48. The van der Waals surface area contributed by atoms with Crippen LogP contribution in [0.25, 0.3) is 22.2 Å². The van der Waals surface area contributed by atoms with Crippen molar-refractivity contribution in [1.29, 1.82) is 0 Å². The third-order valence-electron chi connectivity index (χ3n) is 4.51. The molecular weight excluding hydrogens is 376 g/mol. The molecule has 30 heavy (non-hydrogen) atoms. The lowest BCUT2D eigenvalue weighted by atomic mass is 10.0. The van der Waals surface area contributed by atoms with E-state index in [1.807, 2.05) is 67.6 Å². The number of carbonyl (C=O) groups is 1. The van der Waals surface area contributed by atoms with Crippen molar-refractivity contribution in [2.75, 3.05) is 6.61 Å². The number of nitrogens with zero attached hydrogens (tertiary/aromatic N) is 3. The van der Waals surface area contributed by atoms with E-state index in [-0.39, 0.29) is 5.91 Å². The Morgan fingerprint density at radius 1 is 1.10 bits per heavy atom. The van der Waals surface area contributed by atoms with E-state index in [0.29, 0.717) is 23.6 Å². The Morgan fingerprint density at radius 2 is 1.93 bits per heavy atom. The summed E-state index contributed by atoms with van der Waals surface area (Å²) in [7, 11) is 0. The summed E-state index contributed by atoms with van der Waals surface area (Å²) in [5.74, 6) is 0.398. The minimum atomic E-state index is -0.316. The number of fused-ring (bicyclic) bond motifs is 1. The highest BCUT2D eigenvalue weighted by molar-refractivity contribution is 6.07. The van der Waals surface area contributed by atoms with Gasteiger partial charge < -0.3 is 4.74 Å². The molecule has 1 amide bonds. The molecule has 148 valence electrons. The molecule has 4 aromatic rings. The van der Waals surface area contributed by atoms with Gasteiger partial charge in [0.15, 0.2) is 0 Å². The average molecular weight is 396 g/mol. The van der Waals surface area contributed by atoms with Crippen LogP contribution in [0.5, 0.6) is 5.75 Å². The van der Waals surface area contributed by atoms with Crippen LogP contribution in [0.4, 0.5) is 0 Å². The maximum atomic E-state index is 12.9. The van der Waals surface area contributed by atoms with Gasteiger partial charge in [-0.2, -0.15) is 5.10 Å². The van der Waals surface area contributed by atoms with E-state index in [9.17, 15) is 4.79 Å². The van der Waals surface area contributed by atoms with Crippen molar-refractivity contribution in [3.8, 4) is 17.0 Å². The third kappa shape index (κ3) is 4.17. The number of hydrazone groups is 1. The van der Waals surface area contributed by atoms with E-state index in [1.165, 1.54) is 0 Å². The van der Waals surface area contributed by atoms with Gasteiger partial charge in [-0.25, -0.2) is 10.4 Å². The molecule has 1 N–H and O–H groups in total. The second-order valence-corrected chi connectivity index (χ2v) is 6.48. The largest absolute Gasteiger partial charge is 0.493 e. The van der Waals surface area contributed by atoms with Gasteiger partial charge >= 0.3 is 0 Å². The van der Waals surface area contributed by atoms with E-state index >= 15 is 0 Å². The molecule has 0 saturated carbocycles. The van der Waals surface area contributed by atoms with Crippen LogP contribution >= 0.6 is 0 Å². The average Bonchev–Trinajstić information content (AvgIpc) is 2.80. The van der Waals surface area contributed by atoms with Crippen LogP contribution in [0.2, 0.25) is 0 Å². The van der Waals surface area contributed by atoms with Gasteiger partial charge in [0.1, 0.15) is 5.75 Å². The zero-order valence-electron chi connectivity index (χ0n) is 16.4. The summed E-state index contributed by atoms with van der Waals surface area (Å²) in [5, 5.41) is 4.89. The predicted octanol–water partition coefficient (Wildman–Crippen LogP) is 4.46. The second kappa shape index (κ2) is 8.96. The van der Waals surface area contributed by atoms with Crippen LogP contribution in [0.1, 0.15) is 22.8 Å². The topological polar surface area (TPSA) is 76.5 Å². The number of pyridine rings is 2. The van der Waals surface area contributed by atoms with Crippen molar-refractivity contribution in [3.63, 3.8) is 0 Å². The maximum Gasteiger partial charge on any atom is 0.272 e. The van der Waals surface area contributed by atoms with Gasteiger partial charge in [0.05, 0.1) is 29.6 Å². The Bertz CT molecular complexity index is 1210. The molecule has 6 nitrogen and oxygen atoms in total. The van der Waals surface area contributed by atoms with Crippen LogP contribution in [0, 0.1) is 0 Å². The molecular formula is C24H20N4O2. The molecule has 2 aromatic heterocycles. The summed E-state index contributed by atoms with van der Waals surface area (Å²) in [6.07, 6.45) is 5.00. The number of hydrogen-bond donors (Lipinski definition) is 1. The molecule has 0 radical (unpaired) electrons. The third-order valence-corrected chi connectivity index (χ3v) is 4.51. The number of ether oxygens (including phenoxy) is 1. The molecule has 6 heteroatoms. The fraction of sp³-hybridized carbons (Fsp3) is 0.0833. The lowest BCUT2D eigenvalue weighted by Gasteiger charge is -2.09. The summed E-state index contributed by atoms with van der Waals surface area (Å²) >= 11 is 0. The van der Waals surface area contributed by atoms with Gasteiger partial charge in [-0.3, -0.25) is 9.78 Å². The Hall–Kier alpha value is -4.06. The fourth-order valence-corrected chi connectivity index (χ4v) is 3.12. The van der Waals surface area contributed by atoms with Gasteiger partial charge in [-0.05, 0) is 43.3 Å². The number of hydrogen-bond acceptors (Lipinski definition) is 5. The highest BCUT2D eigenvalue weighted by atomic mass is 16.5. The summed E-state index contributed by atoms with van der Waals surface area (Å²) in [6.45, 7) is 2.47. The molecule has 0 aliphatic heterocycles. The Labute approximate surface area is 174 Å². The van der Waals surface area contributed by atoms with Gasteiger partial charge in [0, 0.05) is 28.9 Å². The van der Waals surface area contributed by atoms with E-state index in [4.69, 9.17) is 4.74 Å². The number of aromatic nitrogens is 2. The molecule has 0 unspecified atom stereocenters. The van der Waals surface area contributed by atoms with Crippen LogP contribution < -0.4 is 10.2 Å². The van der Waals surface area contributed by atoms with Gasteiger partial charge in [-0.15, -0.1) is 0 Å². The minimum absolute atomic E-state index is 0.316. The SMILES string of the molecule is CCOc1ccccc1C=NNC(=O)c1cc(-c2cccnc2)nc2ccccc12. The molecule has 0 saturated heterocycles.